The van der Waals surface area contributed by atoms with Crippen molar-refractivity contribution in [3.05, 3.63) is 34.9 Å². The summed E-state index contributed by atoms with van der Waals surface area (Å²) in [6.07, 6.45) is 0. The summed E-state index contributed by atoms with van der Waals surface area (Å²) in [6, 6.07) is 7.29. The second-order valence-electron chi connectivity index (χ2n) is 4.14. The fraction of sp³-hybridized carbons (Fsp3) is 0.417. The van der Waals surface area contributed by atoms with Gasteiger partial charge in [0.25, 0.3) is 0 Å². The first-order valence-electron chi connectivity index (χ1n) is 4.85. The third-order valence-electron chi connectivity index (χ3n) is 2.99. The Kier molecular flexibility index (Phi) is 3.80. The Labute approximate surface area is 100 Å². The lowest BCUT2D eigenvalue weighted by Gasteiger charge is -2.30. The van der Waals surface area contributed by atoms with Gasteiger partial charge in [0.05, 0.1) is 5.41 Å². The van der Waals surface area contributed by atoms with Gasteiger partial charge in [0.15, 0.2) is 0 Å². The average molecular weight is 245 g/mol. The van der Waals surface area contributed by atoms with Crippen molar-refractivity contribution in [2.75, 3.05) is 0 Å². The largest absolute Gasteiger partial charge is 0.280 e. The van der Waals surface area contributed by atoms with Crippen LogP contribution in [0.2, 0.25) is 5.02 Å². The number of carbonyl (C=O) groups excluding carboxylic acids is 1. The van der Waals surface area contributed by atoms with Crippen molar-refractivity contribution in [3.63, 3.8) is 0 Å². The predicted octanol–water partition coefficient (Wildman–Crippen LogP) is 4.02. The quantitative estimate of drug-likeness (QED) is 0.735. The van der Waals surface area contributed by atoms with Crippen LogP contribution in [0.4, 0.5) is 0 Å². The Balaban J connectivity index is 3.28. The highest BCUT2D eigenvalue weighted by Gasteiger charge is 2.37. The van der Waals surface area contributed by atoms with Crippen LogP contribution < -0.4 is 0 Å². The summed E-state index contributed by atoms with van der Waals surface area (Å²) in [5.41, 5.74) is 0.192. The van der Waals surface area contributed by atoms with Crippen molar-refractivity contribution in [1.29, 1.82) is 0 Å². The monoisotopic (exact) mass is 244 g/mol. The zero-order valence-corrected chi connectivity index (χ0v) is 10.6. The molecule has 82 valence electrons. The summed E-state index contributed by atoms with van der Waals surface area (Å²) in [7, 11) is 0. The van der Waals surface area contributed by atoms with Crippen LogP contribution in [0.15, 0.2) is 24.3 Å². The maximum absolute atomic E-state index is 11.5. The number of halogens is 2. The molecule has 3 heteroatoms. The Morgan fingerprint density at radius 2 is 2.00 bits per heavy atom. The van der Waals surface area contributed by atoms with Crippen molar-refractivity contribution >= 4 is 28.4 Å². The first-order valence-corrected chi connectivity index (χ1v) is 5.60. The molecule has 0 saturated carbocycles. The molecule has 0 spiro atoms. The lowest BCUT2D eigenvalue weighted by Crippen LogP contribution is -2.34. The normalized spacial score (nSPS) is 15.1. The van der Waals surface area contributed by atoms with Gasteiger partial charge in [0.1, 0.15) is 0 Å². The third kappa shape index (κ3) is 2.35. The topological polar surface area (TPSA) is 17.1 Å². The van der Waals surface area contributed by atoms with Gasteiger partial charge in [-0.2, -0.15) is 0 Å². The summed E-state index contributed by atoms with van der Waals surface area (Å²) in [6.45, 7) is 5.79. The zero-order valence-electron chi connectivity index (χ0n) is 9.05. The van der Waals surface area contributed by atoms with Crippen molar-refractivity contribution in [2.24, 2.45) is 5.92 Å². The van der Waals surface area contributed by atoms with Gasteiger partial charge in [-0.1, -0.05) is 37.6 Å². The van der Waals surface area contributed by atoms with E-state index in [0.717, 1.165) is 5.56 Å². The lowest BCUT2D eigenvalue weighted by atomic mass is 9.74. The van der Waals surface area contributed by atoms with E-state index in [-0.39, 0.29) is 11.2 Å². The molecule has 1 rings (SSSR count). The lowest BCUT2D eigenvalue weighted by molar-refractivity contribution is -0.117. The van der Waals surface area contributed by atoms with E-state index in [4.69, 9.17) is 23.2 Å². The SMILES string of the molecule is CC(C)C(C)(C(=O)Cl)c1cccc(Cl)c1. The summed E-state index contributed by atoms with van der Waals surface area (Å²) in [5, 5.41) is 0.275. The Morgan fingerprint density at radius 1 is 1.40 bits per heavy atom. The highest BCUT2D eigenvalue weighted by Crippen LogP contribution is 2.35. The van der Waals surface area contributed by atoms with Crippen LogP contribution in [0.1, 0.15) is 26.3 Å². The highest BCUT2D eigenvalue weighted by atomic mass is 35.5. The van der Waals surface area contributed by atoms with E-state index in [2.05, 4.69) is 0 Å². The summed E-state index contributed by atoms with van der Waals surface area (Å²) in [4.78, 5) is 11.5. The van der Waals surface area contributed by atoms with Crippen LogP contribution >= 0.6 is 23.2 Å². The van der Waals surface area contributed by atoms with Crippen LogP contribution in [0.3, 0.4) is 0 Å². The second kappa shape index (κ2) is 4.54. The van der Waals surface area contributed by atoms with Gasteiger partial charge < -0.3 is 0 Å². The highest BCUT2D eigenvalue weighted by molar-refractivity contribution is 6.65. The number of carbonyl (C=O) groups is 1. The molecule has 1 aromatic rings. The molecule has 0 fully saturated rings. The van der Waals surface area contributed by atoms with Crippen molar-refractivity contribution in [3.8, 4) is 0 Å². The molecular weight excluding hydrogens is 231 g/mol. The molecule has 1 nitrogen and oxygen atoms in total. The molecular formula is C12H14Cl2O. The molecule has 1 unspecified atom stereocenters. The zero-order chi connectivity index (χ0) is 11.6. The first kappa shape index (κ1) is 12.5. The molecule has 1 aromatic carbocycles. The molecule has 15 heavy (non-hydrogen) atoms. The average Bonchev–Trinajstić information content (AvgIpc) is 2.15. The minimum absolute atomic E-state index is 0.126. The van der Waals surface area contributed by atoms with E-state index in [1.54, 1.807) is 12.1 Å². The molecule has 0 saturated heterocycles. The smallest absolute Gasteiger partial charge is 0.232 e. The Bertz CT molecular complexity index is 374. The van der Waals surface area contributed by atoms with Crippen LogP contribution in [0, 0.1) is 5.92 Å². The summed E-state index contributed by atoms with van der Waals surface area (Å²) < 4.78 is 0. The minimum Gasteiger partial charge on any atom is -0.280 e. The van der Waals surface area contributed by atoms with Gasteiger partial charge in [-0.05, 0) is 42.1 Å². The van der Waals surface area contributed by atoms with Crippen molar-refractivity contribution in [1.82, 2.24) is 0 Å². The molecule has 0 aromatic heterocycles. The third-order valence-corrected chi connectivity index (χ3v) is 3.61. The van der Waals surface area contributed by atoms with Gasteiger partial charge in [-0.15, -0.1) is 0 Å². The van der Waals surface area contributed by atoms with E-state index in [0.29, 0.717) is 5.02 Å². The fourth-order valence-electron chi connectivity index (χ4n) is 1.49. The van der Waals surface area contributed by atoms with E-state index >= 15 is 0 Å². The van der Waals surface area contributed by atoms with Crippen LogP contribution in [-0.2, 0) is 10.2 Å². The molecule has 0 bridgehead atoms. The van der Waals surface area contributed by atoms with Gasteiger partial charge in [0, 0.05) is 5.02 Å². The number of hydrogen-bond acceptors (Lipinski definition) is 1. The van der Waals surface area contributed by atoms with E-state index < -0.39 is 5.41 Å². The Hall–Kier alpha value is -0.530. The van der Waals surface area contributed by atoms with Gasteiger partial charge in [-0.25, -0.2) is 0 Å². The summed E-state index contributed by atoms with van der Waals surface area (Å²) >= 11 is 11.6. The van der Waals surface area contributed by atoms with E-state index in [1.165, 1.54) is 0 Å². The first-order chi connectivity index (χ1) is 6.89. The maximum Gasteiger partial charge on any atom is 0.232 e. The molecule has 1 atom stereocenters. The molecule has 0 heterocycles. The van der Waals surface area contributed by atoms with Crippen molar-refractivity contribution in [2.45, 2.75) is 26.2 Å². The van der Waals surface area contributed by atoms with Crippen LogP contribution in [-0.4, -0.2) is 5.24 Å². The number of benzene rings is 1. The fourth-order valence-corrected chi connectivity index (χ4v) is 2.00. The van der Waals surface area contributed by atoms with Gasteiger partial charge in [-0.3, -0.25) is 4.79 Å². The Morgan fingerprint density at radius 3 is 2.40 bits per heavy atom. The minimum atomic E-state index is -0.674. The number of rotatable bonds is 3. The number of hydrogen-bond donors (Lipinski definition) is 0. The van der Waals surface area contributed by atoms with Gasteiger partial charge >= 0.3 is 0 Å². The molecule has 0 aliphatic rings. The molecule has 0 radical (unpaired) electrons. The molecule has 0 N–H and O–H groups in total. The molecule has 0 aliphatic heterocycles. The van der Waals surface area contributed by atoms with E-state index in [1.807, 2.05) is 32.9 Å². The van der Waals surface area contributed by atoms with Gasteiger partial charge in [0.2, 0.25) is 5.24 Å². The van der Waals surface area contributed by atoms with E-state index in [9.17, 15) is 4.79 Å². The van der Waals surface area contributed by atoms with Crippen LogP contribution in [0.25, 0.3) is 0 Å². The molecule has 0 aliphatic carbocycles. The predicted molar refractivity (Wildman–Crippen MR) is 64.5 cm³/mol. The summed E-state index contributed by atoms with van der Waals surface area (Å²) in [5.74, 6) is 0.126. The standard InChI is InChI=1S/C12H14Cl2O/c1-8(2)12(3,11(14)15)9-5-4-6-10(13)7-9/h4-8H,1-3H3. The maximum atomic E-state index is 11.5. The van der Waals surface area contributed by atoms with Crippen LogP contribution in [0.5, 0.6) is 0 Å². The van der Waals surface area contributed by atoms with Crippen molar-refractivity contribution < 1.29 is 4.79 Å². The molecule has 0 amide bonds. The second-order valence-corrected chi connectivity index (χ2v) is 4.92.